The van der Waals surface area contributed by atoms with E-state index in [0.29, 0.717) is 0 Å². The Balaban J connectivity index is 0.000000375. The topological polar surface area (TPSA) is 121 Å². The van der Waals surface area contributed by atoms with Crippen LogP contribution in [0, 0.1) is 0 Å². The molecule has 2 fully saturated rings. The fourth-order valence-corrected chi connectivity index (χ4v) is 4.19. The zero-order valence-corrected chi connectivity index (χ0v) is 21.2. The highest BCUT2D eigenvalue weighted by Crippen LogP contribution is 2.18. The van der Waals surface area contributed by atoms with Crippen molar-refractivity contribution in [2.24, 2.45) is 0 Å². The standard InChI is InChI=1S/C13H23NO6.C12H23N/c1-12(2,3)19-10(17)8(7-9(15)16)14-11(18)20-13(4,5)6;1-3-7-11(8-4-1)13-12-9-5-2-6-10-12/h8H,7H2,1-6H3,(H,14,18)(H,15,16);11-13H,1-10H2/t8-;/m0./s1/i4D;. The predicted molar refractivity (Wildman–Crippen MR) is 124 cm³/mol. The zero-order chi connectivity index (χ0) is 25.8. The molecular weight excluding hydrogens is 424 g/mol. The average Bonchev–Trinajstić information content (AvgIpc) is 2.73. The van der Waals surface area contributed by atoms with Gasteiger partial charge in [0.2, 0.25) is 0 Å². The quantitative estimate of drug-likeness (QED) is 0.574. The van der Waals surface area contributed by atoms with Crippen LogP contribution in [0.1, 0.15) is 114 Å². The highest BCUT2D eigenvalue weighted by Gasteiger charge is 2.28. The molecule has 0 unspecified atom stereocenters. The van der Waals surface area contributed by atoms with Crippen LogP contribution < -0.4 is 15.7 Å². The van der Waals surface area contributed by atoms with E-state index in [1.54, 1.807) is 20.8 Å². The molecule has 0 saturated heterocycles. The second-order valence-corrected chi connectivity index (χ2v) is 10.9. The van der Waals surface area contributed by atoms with Crippen LogP contribution in [0.15, 0.2) is 0 Å². The van der Waals surface area contributed by atoms with Crippen LogP contribution in [0.25, 0.3) is 0 Å². The molecule has 3 N–H and O–H groups in total. The highest BCUT2D eigenvalue weighted by atomic mass is 16.6. The Kier molecular flexibility index (Phi) is 11.4. The smallest absolute Gasteiger partial charge is 0.408 e. The van der Waals surface area contributed by atoms with Gasteiger partial charge in [-0.2, -0.15) is 0 Å². The number of rotatable bonds is 6. The van der Waals surface area contributed by atoms with E-state index in [2.05, 4.69) is 10.6 Å². The van der Waals surface area contributed by atoms with Crippen molar-refractivity contribution in [3.05, 3.63) is 0 Å². The Labute approximate surface area is 201 Å². The first-order chi connectivity index (χ1) is 15.8. The summed E-state index contributed by atoms with van der Waals surface area (Å²) in [6.07, 6.45) is 13.2. The highest BCUT2D eigenvalue weighted by molar-refractivity contribution is 5.85. The Morgan fingerprint density at radius 1 is 0.909 bits per heavy atom. The Morgan fingerprint density at radius 2 is 1.39 bits per heavy atom. The number of carbonyl (C=O) groups is 3. The molecule has 192 valence electrons. The number of esters is 1. The van der Waals surface area contributed by atoms with Crippen molar-refractivity contribution >= 4 is 18.0 Å². The number of alkyl carbamates (subject to hydrolysis) is 1. The summed E-state index contributed by atoms with van der Waals surface area (Å²) in [5, 5.41) is 15.5. The normalized spacial score (nSPS) is 19.4. The average molecular weight is 472 g/mol. The maximum absolute atomic E-state index is 11.8. The molecule has 8 nitrogen and oxygen atoms in total. The number of aliphatic carboxylic acids is 1. The number of quaternary nitrogens is 1. The predicted octanol–water partition coefficient (Wildman–Crippen LogP) is 2.58. The molecule has 0 bridgehead atoms. The van der Waals surface area contributed by atoms with E-state index in [1.807, 2.05) is 0 Å². The van der Waals surface area contributed by atoms with Gasteiger partial charge in [-0.05, 0) is 92.9 Å². The van der Waals surface area contributed by atoms with Crippen LogP contribution in [0.5, 0.6) is 0 Å². The van der Waals surface area contributed by atoms with Gasteiger partial charge in [0.1, 0.15) is 17.2 Å². The van der Waals surface area contributed by atoms with E-state index < -0.39 is 41.7 Å². The Hall–Kier alpha value is -1.83. The van der Waals surface area contributed by atoms with Gasteiger partial charge >= 0.3 is 12.1 Å². The number of carbonyl (C=O) groups excluding carboxylic acids is 3. The molecule has 2 aliphatic carbocycles. The third-order valence-corrected chi connectivity index (χ3v) is 5.57. The fourth-order valence-electron chi connectivity index (χ4n) is 4.19. The second kappa shape index (κ2) is 13.8. The molecule has 2 rings (SSSR count). The molecule has 0 aliphatic heterocycles. The van der Waals surface area contributed by atoms with Gasteiger partial charge in [-0.15, -0.1) is 0 Å². The minimum Gasteiger partial charge on any atom is -0.550 e. The SMILES string of the molecule is C1CCC([NH2+]C2CCCCC2)CC1.[2H]CC(C)(C)OC(=O)N[C@@H](CC(=O)[O-])C(=O)OC(C)(C)C. The molecule has 1 amide bonds. The summed E-state index contributed by atoms with van der Waals surface area (Å²) in [7, 11) is 0. The van der Waals surface area contributed by atoms with E-state index in [4.69, 9.17) is 10.8 Å². The minimum atomic E-state index is -1.51. The lowest BCUT2D eigenvalue weighted by atomic mass is 9.91. The molecule has 33 heavy (non-hydrogen) atoms. The molecule has 0 aromatic carbocycles. The largest absolute Gasteiger partial charge is 0.550 e. The van der Waals surface area contributed by atoms with Crippen molar-refractivity contribution in [3.8, 4) is 0 Å². The van der Waals surface area contributed by atoms with Gasteiger partial charge in [0, 0.05) is 13.8 Å². The van der Waals surface area contributed by atoms with Crippen molar-refractivity contribution < 1.29 is 35.7 Å². The third kappa shape index (κ3) is 14.8. The molecule has 0 radical (unpaired) electrons. The second-order valence-electron chi connectivity index (χ2n) is 10.9. The summed E-state index contributed by atoms with van der Waals surface area (Å²) < 4.78 is 17.1. The van der Waals surface area contributed by atoms with Gasteiger partial charge in [-0.25, -0.2) is 9.59 Å². The molecule has 0 aromatic rings. The molecular formula is C25H46N2O6. The maximum Gasteiger partial charge on any atom is 0.408 e. The number of nitrogens with one attached hydrogen (secondary N) is 1. The first-order valence-corrected chi connectivity index (χ1v) is 12.4. The summed E-state index contributed by atoms with van der Waals surface area (Å²) in [6, 6.07) is 0.581. The van der Waals surface area contributed by atoms with Crippen LogP contribution in [-0.2, 0) is 19.1 Å². The molecule has 0 aromatic heterocycles. The van der Waals surface area contributed by atoms with E-state index in [-0.39, 0.29) is 6.90 Å². The fraction of sp³-hybridized carbons (Fsp3) is 0.880. The van der Waals surface area contributed by atoms with Gasteiger partial charge < -0.3 is 30.0 Å². The van der Waals surface area contributed by atoms with Crippen LogP contribution >= 0.6 is 0 Å². The summed E-state index contributed by atoms with van der Waals surface area (Å²) in [4.78, 5) is 34.1. The molecule has 0 spiro atoms. The van der Waals surface area contributed by atoms with E-state index >= 15 is 0 Å². The lowest BCUT2D eigenvalue weighted by Crippen LogP contribution is -2.95. The summed E-state index contributed by atoms with van der Waals surface area (Å²) in [6.45, 7) is 7.69. The summed E-state index contributed by atoms with van der Waals surface area (Å²) >= 11 is 0. The molecule has 1 atom stereocenters. The van der Waals surface area contributed by atoms with Gasteiger partial charge in [-0.1, -0.05) is 12.8 Å². The third-order valence-electron chi connectivity index (χ3n) is 5.57. The lowest BCUT2D eigenvalue weighted by molar-refractivity contribution is -0.725. The maximum atomic E-state index is 11.8. The van der Waals surface area contributed by atoms with Crippen LogP contribution in [0.2, 0.25) is 0 Å². The van der Waals surface area contributed by atoms with E-state index in [1.165, 1.54) is 78.1 Å². The summed E-state index contributed by atoms with van der Waals surface area (Å²) in [5.74, 6) is -2.40. The summed E-state index contributed by atoms with van der Waals surface area (Å²) in [5.41, 5.74) is -1.88. The Morgan fingerprint density at radius 3 is 1.79 bits per heavy atom. The minimum absolute atomic E-state index is 0.183. The number of hydrogen-bond acceptors (Lipinski definition) is 6. The number of ether oxygens (including phenoxy) is 2. The molecule has 8 heteroatoms. The van der Waals surface area contributed by atoms with Gasteiger partial charge in [0.25, 0.3) is 0 Å². The van der Waals surface area contributed by atoms with Crippen molar-refractivity contribution in [2.45, 2.75) is 141 Å². The van der Waals surface area contributed by atoms with Crippen LogP contribution in [0.3, 0.4) is 0 Å². The first-order valence-electron chi connectivity index (χ1n) is 13.1. The Bertz CT molecular complexity index is 622. The van der Waals surface area contributed by atoms with Crippen molar-refractivity contribution in [1.82, 2.24) is 5.32 Å². The number of carboxylic acid groups (broad SMARTS) is 1. The van der Waals surface area contributed by atoms with Gasteiger partial charge in [-0.3, -0.25) is 0 Å². The first kappa shape index (κ1) is 27.4. The molecule has 0 heterocycles. The van der Waals surface area contributed by atoms with Crippen molar-refractivity contribution in [1.29, 1.82) is 0 Å². The number of amides is 1. The van der Waals surface area contributed by atoms with Crippen molar-refractivity contribution in [3.63, 3.8) is 0 Å². The number of carboxylic acids is 1. The van der Waals surface area contributed by atoms with Gasteiger partial charge in [0.15, 0.2) is 0 Å². The van der Waals surface area contributed by atoms with Crippen LogP contribution in [0.4, 0.5) is 4.79 Å². The van der Waals surface area contributed by atoms with Gasteiger partial charge in [0.05, 0.1) is 12.1 Å². The zero-order valence-electron chi connectivity index (χ0n) is 22.2. The molecule has 2 aliphatic rings. The van der Waals surface area contributed by atoms with E-state index in [0.717, 1.165) is 12.1 Å². The van der Waals surface area contributed by atoms with E-state index in [9.17, 15) is 19.5 Å². The number of nitrogens with two attached hydrogens (primary N) is 1. The molecule has 2 saturated carbocycles. The lowest BCUT2D eigenvalue weighted by Gasteiger charge is -2.27. The number of hydrogen-bond donors (Lipinski definition) is 2. The van der Waals surface area contributed by atoms with Crippen molar-refractivity contribution in [2.75, 3.05) is 0 Å². The van der Waals surface area contributed by atoms with Crippen LogP contribution in [-0.4, -0.2) is 47.4 Å². The monoisotopic (exact) mass is 471 g/mol.